The lowest BCUT2D eigenvalue weighted by molar-refractivity contribution is 0.274. The van der Waals surface area contributed by atoms with E-state index in [9.17, 15) is 0 Å². The maximum absolute atomic E-state index is 8.51. The number of hydrogen-bond donors (Lipinski definition) is 1. The van der Waals surface area contributed by atoms with Gasteiger partial charge in [0.25, 0.3) is 0 Å². The highest BCUT2D eigenvalue weighted by molar-refractivity contribution is 14.1. The van der Waals surface area contributed by atoms with Gasteiger partial charge in [-0.2, -0.15) is 0 Å². The molecule has 0 amide bonds. The van der Waals surface area contributed by atoms with Gasteiger partial charge >= 0.3 is 0 Å². The number of rotatable bonds is 2. The van der Waals surface area contributed by atoms with Crippen LogP contribution in [0.25, 0.3) is 0 Å². The third kappa shape index (κ3) is 1.65. The zero-order valence-corrected chi connectivity index (χ0v) is 6.95. The fourth-order valence-electron chi connectivity index (χ4n) is 0.586. The van der Waals surface area contributed by atoms with Crippen LogP contribution in [0.4, 0.5) is 0 Å². The monoisotopic (exact) mass is 238 g/mol. The van der Waals surface area contributed by atoms with Gasteiger partial charge in [-0.15, -0.1) is 0 Å². The van der Waals surface area contributed by atoms with Crippen molar-refractivity contribution >= 4 is 22.6 Å². The zero-order chi connectivity index (χ0) is 6.69. The van der Waals surface area contributed by atoms with Gasteiger partial charge in [0.1, 0.15) is 0 Å². The van der Waals surface area contributed by atoms with Crippen molar-refractivity contribution in [3.05, 3.63) is 16.2 Å². The Kier molecular flexibility index (Phi) is 2.47. The van der Waals surface area contributed by atoms with E-state index in [2.05, 4.69) is 27.6 Å². The molecule has 1 heterocycles. The molecular weight excluding hydrogens is 231 g/mol. The molecule has 0 radical (unpaired) electrons. The van der Waals surface area contributed by atoms with E-state index in [1.165, 1.54) is 0 Å². The summed E-state index contributed by atoms with van der Waals surface area (Å²) in [5.74, 6) is 0. The molecule has 0 spiro atoms. The van der Waals surface area contributed by atoms with Crippen LogP contribution in [0.1, 0.15) is 0 Å². The first kappa shape index (κ1) is 7.01. The molecule has 0 fully saturated rings. The van der Waals surface area contributed by atoms with Crippen LogP contribution in [-0.2, 0) is 6.54 Å². The van der Waals surface area contributed by atoms with Crippen molar-refractivity contribution in [2.45, 2.75) is 6.54 Å². The molecule has 0 atom stereocenters. The van der Waals surface area contributed by atoms with Gasteiger partial charge in [0.05, 0.1) is 6.61 Å². The summed E-state index contributed by atoms with van der Waals surface area (Å²) < 4.78 is 2.81. The molecule has 0 aliphatic rings. The normalized spacial score (nSPS) is 10.0. The number of nitrogens with zero attached hydrogens (tertiary/aromatic N) is 2. The van der Waals surface area contributed by atoms with Gasteiger partial charge < -0.3 is 9.67 Å². The minimum absolute atomic E-state index is 0.173. The maximum atomic E-state index is 8.51. The lowest BCUT2D eigenvalue weighted by Gasteiger charge is -1.97. The van der Waals surface area contributed by atoms with Crippen molar-refractivity contribution in [1.29, 1.82) is 0 Å². The van der Waals surface area contributed by atoms with Crippen LogP contribution in [0.15, 0.2) is 12.4 Å². The Balaban J connectivity index is 2.69. The highest BCUT2D eigenvalue weighted by Crippen LogP contribution is 1.99. The van der Waals surface area contributed by atoms with Crippen LogP contribution in [0, 0.1) is 3.83 Å². The van der Waals surface area contributed by atoms with E-state index in [4.69, 9.17) is 5.11 Å². The first-order valence-electron chi connectivity index (χ1n) is 2.62. The molecule has 0 unspecified atom stereocenters. The predicted octanol–water partition coefficient (Wildman–Crippen LogP) is 0.480. The van der Waals surface area contributed by atoms with Crippen LogP contribution in [0.5, 0.6) is 0 Å². The van der Waals surface area contributed by atoms with Crippen LogP contribution in [-0.4, -0.2) is 21.3 Å². The Bertz CT molecular complexity index is 187. The summed E-state index contributed by atoms with van der Waals surface area (Å²) in [6.07, 6.45) is 3.56. The zero-order valence-electron chi connectivity index (χ0n) is 4.79. The topological polar surface area (TPSA) is 38.0 Å². The number of halogens is 1. The SMILES string of the molecule is OCCn1ccnc1I. The Morgan fingerprint density at radius 1 is 1.78 bits per heavy atom. The van der Waals surface area contributed by atoms with Crippen LogP contribution in [0.2, 0.25) is 0 Å². The van der Waals surface area contributed by atoms with Crippen molar-refractivity contribution in [2.24, 2.45) is 0 Å². The largest absolute Gasteiger partial charge is 0.395 e. The average Bonchev–Trinajstić information content (AvgIpc) is 2.18. The molecule has 4 heteroatoms. The summed E-state index contributed by atoms with van der Waals surface area (Å²) in [6.45, 7) is 0.810. The highest BCUT2D eigenvalue weighted by Gasteiger charge is 1.93. The molecule has 0 aromatic carbocycles. The number of aromatic nitrogens is 2. The van der Waals surface area contributed by atoms with E-state index in [-0.39, 0.29) is 6.61 Å². The third-order valence-corrected chi connectivity index (χ3v) is 1.90. The first-order chi connectivity index (χ1) is 4.34. The van der Waals surface area contributed by atoms with Crippen molar-refractivity contribution in [3.8, 4) is 0 Å². The van der Waals surface area contributed by atoms with Crippen molar-refractivity contribution in [3.63, 3.8) is 0 Å². The third-order valence-electron chi connectivity index (χ3n) is 1.01. The first-order valence-corrected chi connectivity index (χ1v) is 3.70. The number of imidazole rings is 1. The maximum Gasteiger partial charge on any atom is 0.171 e. The molecule has 9 heavy (non-hydrogen) atoms. The fourth-order valence-corrected chi connectivity index (χ4v) is 1.15. The molecule has 0 bridgehead atoms. The Hall–Kier alpha value is -0.100. The summed E-state index contributed by atoms with van der Waals surface area (Å²) in [5.41, 5.74) is 0. The Morgan fingerprint density at radius 3 is 3.00 bits per heavy atom. The van der Waals surface area contributed by atoms with Gasteiger partial charge in [-0.1, -0.05) is 0 Å². The predicted molar refractivity (Wildman–Crippen MR) is 42.0 cm³/mol. The van der Waals surface area contributed by atoms with Crippen molar-refractivity contribution < 1.29 is 5.11 Å². The van der Waals surface area contributed by atoms with E-state index in [1.54, 1.807) is 6.20 Å². The van der Waals surface area contributed by atoms with Crippen LogP contribution < -0.4 is 0 Å². The summed E-state index contributed by atoms with van der Waals surface area (Å²) in [4.78, 5) is 3.97. The molecule has 0 saturated carbocycles. The van der Waals surface area contributed by atoms with E-state index in [0.717, 1.165) is 3.83 Å². The molecule has 0 aliphatic carbocycles. The molecule has 3 nitrogen and oxygen atoms in total. The number of aliphatic hydroxyl groups excluding tert-OH is 1. The van der Waals surface area contributed by atoms with E-state index >= 15 is 0 Å². The molecule has 0 saturated heterocycles. The van der Waals surface area contributed by atoms with Crippen LogP contribution in [0.3, 0.4) is 0 Å². The minimum atomic E-state index is 0.173. The summed E-state index contributed by atoms with van der Waals surface area (Å²) in [5, 5.41) is 8.51. The van der Waals surface area contributed by atoms with Gasteiger partial charge in [-0.3, -0.25) is 0 Å². The second-order valence-electron chi connectivity index (χ2n) is 1.61. The second kappa shape index (κ2) is 3.17. The van der Waals surface area contributed by atoms with Gasteiger partial charge in [0.15, 0.2) is 3.83 Å². The molecule has 1 rings (SSSR count). The molecule has 50 valence electrons. The second-order valence-corrected chi connectivity index (χ2v) is 2.58. The van der Waals surface area contributed by atoms with Crippen LogP contribution >= 0.6 is 22.6 Å². The smallest absolute Gasteiger partial charge is 0.171 e. The van der Waals surface area contributed by atoms with Crippen molar-refractivity contribution in [2.75, 3.05) is 6.61 Å². The number of hydrogen-bond acceptors (Lipinski definition) is 2. The Morgan fingerprint density at radius 2 is 2.56 bits per heavy atom. The van der Waals surface area contributed by atoms with Gasteiger partial charge in [-0.25, -0.2) is 4.98 Å². The fraction of sp³-hybridized carbons (Fsp3) is 0.400. The lowest BCUT2D eigenvalue weighted by Crippen LogP contribution is -2.02. The number of aliphatic hydroxyl groups is 1. The molecular formula is C5H7IN2O. The minimum Gasteiger partial charge on any atom is -0.395 e. The average molecular weight is 238 g/mol. The van der Waals surface area contributed by atoms with Crippen molar-refractivity contribution in [1.82, 2.24) is 9.55 Å². The molecule has 1 aromatic heterocycles. The summed E-state index contributed by atoms with van der Waals surface area (Å²) in [7, 11) is 0. The van der Waals surface area contributed by atoms with E-state index < -0.39 is 0 Å². The lowest BCUT2D eigenvalue weighted by atomic mass is 10.7. The molecule has 0 aliphatic heterocycles. The standard InChI is InChI=1S/C5H7IN2O/c6-5-7-1-2-8(5)3-4-9/h1-2,9H,3-4H2. The van der Waals surface area contributed by atoms with Gasteiger partial charge in [0.2, 0.25) is 0 Å². The van der Waals surface area contributed by atoms with E-state index in [1.807, 2.05) is 10.8 Å². The highest BCUT2D eigenvalue weighted by atomic mass is 127. The summed E-state index contributed by atoms with van der Waals surface area (Å²) in [6, 6.07) is 0. The molecule has 1 aromatic rings. The molecule has 1 N–H and O–H groups in total. The Labute approximate surface area is 66.9 Å². The summed E-state index contributed by atoms with van der Waals surface area (Å²) >= 11 is 2.12. The van der Waals surface area contributed by atoms with E-state index in [0.29, 0.717) is 6.54 Å². The van der Waals surface area contributed by atoms with Gasteiger partial charge in [-0.05, 0) is 22.6 Å². The quantitative estimate of drug-likeness (QED) is 0.761. The van der Waals surface area contributed by atoms with Gasteiger partial charge in [0, 0.05) is 18.9 Å².